The van der Waals surface area contributed by atoms with E-state index in [4.69, 9.17) is 0 Å². The van der Waals surface area contributed by atoms with Crippen LogP contribution in [0.25, 0.3) is 0 Å². The van der Waals surface area contributed by atoms with Crippen LogP contribution in [0.5, 0.6) is 0 Å². The Morgan fingerprint density at radius 1 is 1.23 bits per heavy atom. The molecule has 0 aromatic heterocycles. The Bertz CT molecular complexity index is 605. The molecule has 0 N–H and O–H groups in total. The van der Waals surface area contributed by atoms with Crippen LogP contribution in [0.4, 0.5) is 0 Å². The van der Waals surface area contributed by atoms with Gasteiger partial charge in [-0.05, 0) is 64.4 Å². The summed E-state index contributed by atoms with van der Waals surface area (Å²) < 4.78 is 27.4. The highest BCUT2D eigenvalue weighted by molar-refractivity contribution is 7.89. The van der Waals surface area contributed by atoms with Crippen molar-refractivity contribution in [1.29, 1.82) is 0 Å². The lowest BCUT2D eigenvalue weighted by Gasteiger charge is -2.36. The molecule has 2 rings (SSSR count). The van der Waals surface area contributed by atoms with E-state index >= 15 is 0 Å². The molecule has 0 unspecified atom stereocenters. The fraction of sp³-hybridized carbons (Fsp3) is 0.647. The van der Waals surface area contributed by atoms with Gasteiger partial charge in [0.25, 0.3) is 0 Å². The van der Waals surface area contributed by atoms with Crippen LogP contribution in [0, 0.1) is 13.8 Å². The summed E-state index contributed by atoms with van der Waals surface area (Å²) in [5, 5.41) is 0. The van der Waals surface area contributed by atoms with Crippen molar-refractivity contribution in [3.8, 4) is 0 Å². The molecule has 124 valence electrons. The van der Waals surface area contributed by atoms with Crippen molar-refractivity contribution in [2.75, 3.05) is 26.7 Å². The number of sulfonamides is 1. The van der Waals surface area contributed by atoms with E-state index in [9.17, 15) is 8.42 Å². The van der Waals surface area contributed by atoms with E-state index in [0.717, 1.165) is 50.0 Å². The average Bonchev–Trinajstić information content (AvgIpc) is 2.47. The fourth-order valence-electron chi connectivity index (χ4n) is 3.26. The van der Waals surface area contributed by atoms with Crippen molar-refractivity contribution in [2.24, 2.45) is 0 Å². The Morgan fingerprint density at radius 3 is 2.41 bits per heavy atom. The Labute approximate surface area is 135 Å². The number of aryl methyl sites for hydroxylation is 2. The first-order valence-corrected chi connectivity index (χ1v) is 9.58. The normalized spacial score (nSPS) is 18.0. The van der Waals surface area contributed by atoms with Gasteiger partial charge in [0.05, 0.1) is 4.90 Å². The predicted molar refractivity (Wildman–Crippen MR) is 90.6 cm³/mol. The van der Waals surface area contributed by atoms with Gasteiger partial charge < -0.3 is 4.90 Å². The van der Waals surface area contributed by atoms with Crippen molar-refractivity contribution in [3.05, 3.63) is 29.3 Å². The van der Waals surface area contributed by atoms with E-state index in [-0.39, 0.29) is 6.04 Å². The monoisotopic (exact) mass is 324 g/mol. The van der Waals surface area contributed by atoms with Crippen molar-refractivity contribution in [1.82, 2.24) is 9.21 Å². The van der Waals surface area contributed by atoms with Crippen molar-refractivity contribution < 1.29 is 8.42 Å². The lowest BCUT2D eigenvalue weighted by Crippen LogP contribution is -2.45. The van der Waals surface area contributed by atoms with Crippen LogP contribution in [0.3, 0.4) is 0 Å². The lowest BCUT2D eigenvalue weighted by molar-refractivity contribution is 0.170. The SMILES string of the molecule is CCCN1CCC(N(C)S(=O)(=O)c2ccc(C)cc2C)CC1. The molecular formula is C17H28N2O2S. The summed E-state index contributed by atoms with van der Waals surface area (Å²) in [6.07, 6.45) is 2.99. The Balaban J connectivity index is 2.13. The van der Waals surface area contributed by atoms with Gasteiger partial charge in [0.1, 0.15) is 0 Å². The lowest BCUT2D eigenvalue weighted by atomic mass is 10.1. The number of rotatable bonds is 5. The molecule has 4 nitrogen and oxygen atoms in total. The number of likely N-dealkylation sites (tertiary alicyclic amines) is 1. The molecule has 5 heteroatoms. The predicted octanol–water partition coefficient (Wildman–Crippen LogP) is 2.80. The third-order valence-corrected chi connectivity index (χ3v) is 6.67. The maximum Gasteiger partial charge on any atom is 0.243 e. The molecule has 1 aliphatic heterocycles. The summed E-state index contributed by atoms with van der Waals surface area (Å²) in [5.41, 5.74) is 1.92. The number of benzene rings is 1. The van der Waals surface area contributed by atoms with Crippen molar-refractivity contribution in [3.63, 3.8) is 0 Å². The zero-order valence-corrected chi connectivity index (χ0v) is 15.0. The molecule has 1 aliphatic rings. The first-order valence-electron chi connectivity index (χ1n) is 8.14. The molecule has 1 fully saturated rings. The summed E-state index contributed by atoms with van der Waals surface area (Å²) in [7, 11) is -1.67. The number of hydrogen-bond acceptors (Lipinski definition) is 3. The molecule has 1 heterocycles. The van der Waals surface area contributed by atoms with Crippen molar-refractivity contribution in [2.45, 2.75) is 51.0 Å². The van der Waals surface area contributed by atoms with Crippen LogP contribution in [-0.4, -0.2) is 50.3 Å². The Kier molecular flexibility index (Phi) is 5.64. The van der Waals surface area contributed by atoms with Crippen LogP contribution in [-0.2, 0) is 10.0 Å². The molecule has 0 aliphatic carbocycles. The number of piperidine rings is 1. The fourth-order valence-corrected chi connectivity index (χ4v) is 4.88. The van der Waals surface area contributed by atoms with Crippen LogP contribution in [0.2, 0.25) is 0 Å². The molecule has 0 atom stereocenters. The van der Waals surface area contributed by atoms with E-state index in [2.05, 4.69) is 11.8 Å². The largest absolute Gasteiger partial charge is 0.303 e. The quantitative estimate of drug-likeness (QED) is 0.836. The minimum atomic E-state index is -3.40. The van der Waals surface area contributed by atoms with Crippen LogP contribution >= 0.6 is 0 Å². The van der Waals surface area contributed by atoms with E-state index in [1.807, 2.05) is 26.0 Å². The molecule has 0 spiro atoms. The van der Waals surface area contributed by atoms with Crippen LogP contribution < -0.4 is 0 Å². The number of nitrogens with zero attached hydrogens (tertiary/aromatic N) is 2. The molecule has 1 aromatic carbocycles. The molecule has 0 radical (unpaired) electrons. The summed E-state index contributed by atoms with van der Waals surface area (Å²) >= 11 is 0. The van der Waals surface area contributed by atoms with Gasteiger partial charge in [-0.25, -0.2) is 8.42 Å². The summed E-state index contributed by atoms with van der Waals surface area (Å²) in [4.78, 5) is 2.87. The first-order chi connectivity index (χ1) is 10.4. The van der Waals surface area contributed by atoms with E-state index < -0.39 is 10.0 Å². The van der Waals surface area contributed by atoms with Gasteiger partial charge in [-0.1, -0.05) is 24.6 Å². The zero-order valence-electron chi connectivity index (χ0n) is 14.2. The molecule has 0 bridgehead atoms. The van der Waals surface area contributed by atoms with E-state index in [1.165, 1.54) is 0 Å². The van der Waals surface area contributed by atoms with Gasteiger partial charge in [-0.2, -0.15) is 4.31 Å². The zero-order chi connectivity index (χ0) is 16.3. The second-order valence-corrected chi connectivity index (χ2v) is 8.33. The highest BCUT2D eigenvalue weighted by atomic mass is 32.2. The van der Waals surface area contributed by atoms with Gasteiger partial charge in [-0.15, -0.1) is 0 Å². The minimum absolute atomic E-state index is 0.110. The Hall–Kier alpha value is -0.910. The summed E-state index contributed by atoms with van der Waals surface area (Å²) in [5.74, 6) is 0. The van der Waals surface area contributed by atoms with Gasteiger partial charge in [0.15, 0.2) is 0 Å². The standard InChI is InChI=1S/C17H28N2O2S/c1-5-10-19-11-8-16(9-12-19)18(4)22(20,21)17-7-6-14(2)13-15(17)3/h6-7,13,16H,5,8-12H2,1-4H3. The minimum Gasteiger partial charge on any atom is -0.303 e. The highest BCUT2D eigenvalue weighted by Crippen LogP contribution is 2.25. The molecule has 1 saturated heterocycles. The van der Waals surface area contributed by atoms with Crippen LogP contribution in [0.1, 0.15) is 37.3 Å². The van der Waals surface area contributed by atoms with Gasteiger partial charge >= 0.3 is 0 Å². The van der Waals surface area contributed by atoms with Gasteiger partial charge in [0.2, 0.25) is 10.0 Å². The van der Waals surface area contributed by atoms with Crippen LogP contribution in [0.15, 0.2) is 23.1 Å². The maximum absolute atomic E-state index is 12.9. The van der Waals surface area contributed by atoms with E-state index in [1.54, 1.807) is 17.4 Å². The average molecular weight is 324 g/mol. The highest BCUT2D eigenvalue weighted by Gasteiger charge is 2.31. The third-order valence-electron chi connectivity index (χ3n) is 4.60. The Morgan fingerprint density at radius 2 is 1.86 bits per heavy atom. The molecule has 0 saturated carbocycles. The van der Waals surface area contributed by atoms with Gasteiger partial charge in [-0.3, -0.25) is 0 Å². The summed E-state index contributed by atoms with van der Waals surface area (Å²) in [6, 6.07) is 5.66. The smallest absolute Gasteiger partial charge is 0.243 e. The van der Waals surface area contributed by atoms with E-state index in [0.29, 0.717) is 4.90 Å². The second kappa shape index (κ2) is 7.11. The maximum atomic E-state index is 12.9. The topological polar surface area (TPSA) is 40.6 Å². The molecule has 1 aromatic rings. The number of hydrogen-bond donors (Lipinski definition) is 0. The summed E-state index contributed by atoms with van der Waals surface area (Å²) in [6.45, 7) is 9.13. The first kappa shape index (κ1) is 17.4. The van der Waals surface area contributed by atoms with Crippen molar-refractivity contribution >= 4 is 10.0 Å². The molecular weight excluding hydrogens is 296 g/mol. The second-order valence-electron chi connectivity index (χ2n) is 6.36. The molecule has 0 amide bonds. The molecule has 22 heavy (non-hydrogen) atoms. The van der Waals surface area contributed by atoms with Gasteiger partial charge in [0, 0.05) is 13.1 Å². The third kappa shape index (κ3) is 3.70.